The maximum atomic E-state index is 6.26. The molecule has 1 aliphatic carbocycles. The predicted octanol–water partition coefficient (Wildman–Crippen LogP) is 14.4. The first-order valence-electron chi connectivity index (χ1n) is 20.7. The molecule has 2 aliphatic heterocycles. The van der Waals surface area contributed by atoms with E-state index in [1.54, 1.807) is 6.08 Å². The lowest BCUT2D eigenvalue weighted by molar-refractivity contribution is 0.419. The third kappa shape index (κ3) is 7.91. The first kappa shape index (κ1) is 42.9. The van der Waals surface area contributed by atoms with Gasteiger partial charge in [0.25, 0.3) is 0 Å². The summed E-state index contributed by atoms with van der Waals surface area (Å²) in [6.45, 7) is 19.2. The number of aromatic nitrogens is 2. The summed E-state index contributed by atoms with van der Waals surface area (Å²) < 4.78 is 10.9. The number of nitrogens with zero attached hydrogens (tertiary/aromatic N) is 2. The van der Waals surface area contributed by atoms with E-state index >= 15 is 0 Å². The molecule has 306 valence electrons. The molecule has 3 aliphatic rings. The number of thiol groups is 1. The number of aryl methyl sites for hydroxylation is 3. The van der Waals surface area contributed by atoms with E-state index < -0.39 is 0 Å². The minimum absolute atomic E-state index is 0.0741. The van der Waals surface area contributed by atoms with Crippen LogP contribution in [0.3, 0.4) is 0 Å². The highest BCUT2D eigenvalue weighted by Crippen LogP contribution is 2.50. The van der Waals surface area contributed by atoms with Crippen LogP contribution in [-0.2, 0) is 32.4 Å². The lowest BCUT2D eigenvalue weighted by Crippen LogP contribution is -2.24. The van der Waals surface area contributed by atoms with Gasteiger partial charge in [-0.15, -0.1) is 0 Å². The van der Waals surface area contributed by atoms with Crippen molar-refractivity contribution in [3.63, 3.8) is 0 Å². The molecule has 2 aromatic heterocycles. The standard InChI is InChI=1S/C22H19NO.C22H21NS2.C7H9NS.C2H6/c1-22(2)16-9-5-7-11-20(16)24-21-13-19-15(12-17(21)22)14-8-4-6-10-18(14)23(19)3;1-23-18-8-4-2-7-17(18)21-19(23)11-10-14-12-15(13-24)16-6-3-5-9-20(16)25-22(14)21;1-4-6(2)8-7(3)5-9;1-2/h4-13H,1-3H3;3-6,8-11,15,24H,2,7,12-13H2,1H3;4-5,8H,1-3H2;1-2H3. The number of nitrogens with one attached hydrogen (secondary N) is 1. The Morgan fingerprint density at radius 1 is 0.867 bits per heavy atom. The molecule has 0 saturated heterocycles. The molecule has 1 unspecified atom stereocenters. The van der Waals surface area contributed by atoms with Crippen LogP contribution < -0.4 is 10.1 Å². The predicted molar refractivity (Wildman–Crippen MR) is 267 cm³/mol. The molecule has 4 heterocycles. The summed E-state index contributed by atoms with van der Waals surface area (Å²) in [4.78, 5) is 2.87. The lowest BCUT2D eigenvalue weighted by atomic mass is 9.75. The molecule has 0 bridgehead atoms. The molecule has 0 fully saturated rings. The van der Waals surface area contributed by atoms with Crippen molar-refractivity contribution in [3.05, 3.63) is 174 Å². The Labute approximate surface area is 371 Å². The molecule has 7 heteroatoms. The fourth-order valence-electron chi connectivity index (χ4n) is 8.75. The van der Waals surface area contributed by atoms with Crippen molar-refractivity contribution in [1.82, 2.24) is 14.5 Å². The minimum atomic E-state index is -0.0741. The normalized spacial score (nSPS) is 15.0. The van der Waals surface area contributed by atoms with Gasteiger partial charge >= 0.3 is 0 Å². The molecule has 0 amide bonds. The zero-order valence-electron chi connectivity index (χ0n) is 35.6. The van der Waals surface area contributed by atoms with Crippen molar-refractivity contribution >= 4 is 80.8 Å². The summed E-state index contributed by atoms with van der Waals surface area (Å²) in [5.41, 5.74) is 13.5. The summed E-state index contributed by atoms with van der Waals surface area (Å²) in [6, 6.07) is 35.0. The van der Waals surface area contributed by atoms with Crippen molar-refractivity contribution in [2.45, 2.75) is 68.1 Å². The maximum Gasteiger partial charge on any atom is 0.133 e. The van der Waals surface area contributed by atoms with Gasteiger partial charge in [0.15, 0.2) is 0 Å². The average Bonchev–Trinajstić information content (AvgIpc) is 3.65. The van der Waals surface area contributed by atoms with Gasteiger partial charge in [-0.1, -0.05) is 138 Å². The van der Waals surface area contributed by atoms with Crippen molar-refractivity contribution in [3.8, 4) is 11.5 Å². The third-order valence-corrected chi connectivity index (χ3v) is 13.8. The van der Waals surface area contributed by atoms with Gasteiger partial charge in [0.05, 0.1) is 5.52 Å². The number of hydrogen-bond acceptors (Lipinski definition) is 5. The van der Waals surface area contributed by atoms with Gasteiger partial charge in [-0.3, -0.25) is 0 Å². The maximum absolute atomic E-state index is 6.26. The second-order valence-corrected chi connectivity index (χ2v) is 17.4. The van der Waals surface area contributed by atoms with Crippen LogP contribution in [0.4, 0.5) is 0 Å². The zero-order valence-corrected chi connectivity index (χ0v) is 38.2. The quantitative estimate of drug-likeness (QED) is 0.0782. The molecule has 0 saturated carbocycles. The third-order valence-electron chi connectivity index (χ3n) is 11.8. The van der Waals surface area contributed by atoms with Crippen LogP contribution in [0, 0.1) is 0 Å². The number of rotatable bonds is 5. The van der Waals surface area contributed by atoms with Gasteiger partial charge in [0.2, 0.25) is 0 Å². The van der Waals surface area contributed by atoms with Crippen molar-refractivity contribution in [1.29, 1.82) is 0 Å². The molecule has 4 nitrogen and oxygen atoms in total. The molecular formula is C53H55N3OS3. The van der Waals surface area contributed by atoms with Crippen LogP contribution >= 0.6 is 36.6 Å². The Balaban J connectivity index is 0.000000147. The second kappa shape index (κ2) is 18.2. The monoisotopic (exact) mass is 845 g/mol. The highest BCUT2D eigenvalue weighted by Gasteiger charge is 2.35. The number of hydrogen-bond donors (Lipinski definition) is 2. The highest BCUT2D eigenvalue weighted by atomic mass is 32.2. The van der Waals surface area contributed by atoms with Gasteiger partial charge in [-0.05, 0) is 90.1 Å². The SMILES string of the molecule is C=CC(=C)NC(=C)C=S.CC.Cn1c2c(c3c4c(ccc31)CC(CS)c1ccccc1S4)CCC=C2.Cn1c2ccccc2c2cc3c(cc21)Oc1ccccc1C3(C)C. The molecule has 7 aromatic rings. The van der Waals surface area contributed by atoms with Crippen LogP contribution in [0.15, 0.2) is 150 Å². The molecule has 1 N–H and O–H groups in total. The number of fused-ring (bicyclic) bond motifs is 11. The van der Waals surface area contributed by atoms with E-state index in [2.05, 4.69) is 190 Å². The van der Waals surface area contributed by atoms with Gasteiger partial charge in [0, 0.05) is 96.1 Å². The minimum Gasteiger partial charge on any atom is -0.457 e. The Hall–Kier alpha value is -5.21. The van der Waals surface area contributed by atoms with E-state index in [1.807, 2.05) is 31.7 Å². The number of thiocarbonyl (C=S) groups is 1. The van der Waals surface area contributed by atoms with Crippen LogP contribution in [0.1, 0.15) is 73.5 Å². The van der Waals surface area contributed by atoms with Gasteiger partial charge < -0.3 is 19.2 Å². The summed E-state index contributed by atoms with van der Waals surface area (Å²) in [5, 5.41) is 8.34. The smallest absolute Gasteiger partial charge is 0.133 e. The van der Waals surface area contributed by atoms with Crippen molar-refractivity contribution < 1.29 is 4.74 Å². The Kier molecular flexibility index (Phi) is 13.0. The molecular weight excluding hydrogens is 791 g/mol. The van der Waals surface area contributed by atoms with E-state index in [0.29, 0.717) is 17.3 Å². The van der Waals surface area contributed by atoms with Crippen LogP contribution in [-0.4, -0.2) is 20.3 Å². The zero-order chi connectivity index (χ0) is 42.7. The van der Waals surface area contributed by atoms with Crippen LogP contribution in [0.5, 0.6) is 11.5 Å². The fraction of sp³-hybridized carbons (Fsp3) is 0.226. The Morgan fingerprint density at radius 3 is 2.37 bits per heavy atom. The average molecular weight is 846 g/mol. The van der Waals surface area contributed by atoms with Crippen LogP contribution in [0.25, 0.3) is 38.8 Å². The molecule has 10 rings (SSSR count). The number of ether oxygens (including phenoxy) is 1. The topological polar surface area (TPSA) is 31.1 Å². The summed E-state index contributed by atoms with van der Waals surface area (Å²) in [6.07, 6.45) is 9.59. The number of benzene rings is 5. The first-order valence-corrected chi connectivity index (χ1v) is 22.7. The fourth-order valence-corrected chi connectivity index (χ4v) is 10.5. The highest BCUT2D eigenvalue weighted by molar-refractivity contribution is 7.99. The Morgan fingerprint density at radius 2 is 1.60 bits per heavy atom. The van der Waals surface area contributed by atoms with E-state index in [9.17, 15) is 0 Å². The second-order valence-electron chi connectivity index (χ2n) is 15.7. The summed E-state index contributed by atoms with van der Waals surface area (Å²) in [5.74, 6) is 3.32. The van der Waals surface area contributed by atoms with Crippen molar-refractivity contribution in [2.24, 2.45) is 14.1 Å². The molecule has 0 spiro atoms. The van der Waals surface area contributed by atoms with Gasteiger partial charge in [0.1, 0.15) is 11.5 Å². The lowest BCUT2D eigenvalue weighted by Gasteiger charge is -2.34. The van der Waals surface area contributed by atoms with E-state index in [-0.39, 0.29) is 5.41 Å². The molecule has 0 radical (unpaired) electrons. The largest absolute Gasteiger partial charge is 0.457 e. The molecule has 5 aromatic carbocycles. The van der Waals surface area contributed by atoms with E-state index in [0.717, 1.165) is 36.5 Å². The number of para-hydroxylation sites is 2. The molecule has 1 atom stereocenters. The number of allylic oxidation sites excluding steroid dienone is 3. The first-order chi connectivity index (χ1) is 29.0. The summed E-state index contributed by atoms with van der Waals surface area (Å²) >= 11 is 11.2. The van der Waals surface area contributed by atoms with Gasteiger partial charge in [-0.25, -0.2) is 0 Å². The molecule has 60 heavy (non-hydrogen) atoms. The Bertz CT molecular complexity index is 2800. The van der Waals surface area contributed by atoms with Crippen molar-refractivity contribution in [2.75, 3.05) is 5.75 Å². The van der Waals surface area contributed by atoms with E-state index in [1.165, 1.54) is 81.4 Å². The van der Waals surface area contributed by atoms with Crippen LogP contribution in [0.2, 0.25) is 0 Å². The van der Waals surface area contributed by atoms with E-state index in [4.69, 9.17) is 4.74 Å². The summed E-state index contributed by atoms with van der Waals surface area (Å²) in [7, 11) is 4.33. The van der Waals surface area contributed by atoms with Gasteiger partial charge in [-0.2, -0.15) is 12.6 Å².